The van der Waals surface area contributed by atoms with E-state index in [2.05, 4.69) is 6.58 Å². The van der Waals surface area contributed by atoms with Crippen molar-refractivity contribution in [3.63, 3.8) is 0 Å². The largest absolute Gasteiger partial charge is 0.467 e. The number of hydrogen-bond acceptors (Lipinski definition) is 5. The lowest BCUT2D eigenvalue weighted by atomic mass is 9.92. The summed E-state index contributed by atoms with van der Waals surface area (Å²) in [4.78, 5) is 37.8. The minimum absolute atomic E-state index is 0.0728. The standard InChI is InChI=1S/C18H21NO5/c1-12(2)9-14-15(20)10-19(16(14)17(21)23-3)18(22)24-11-13-7-5-4-6-8-13/h4-8,14,16H,1,9-11H2,2-3H3. The van der Waals surface area contributed by atoms with E-state index in [9.17, 15) is 14.4 Å². The molecular formula is C18H21NO5. The second kappa shape index (κ2) is 7.77. The van der Waals surface area contributed by atoms with Gasteiger partial charge in [0.2, 0.25) is 0 Å². The predicted octanol–water partition coefficient (Wildman–Crippen LogP) is 2.33. The molecule has 1 aliphatic heterocycles. The molecule has 2 atom stereocenters. The van der Waals surface area contributed by atoms with E-state index in [1.165, 1.54) is 7.11 Å². The summed E-state index contributed by atoms with van der Waals surface area (Å²) >= 11 is 0. The summed E-state index contributed by atoms with van der Waals surface area (Å²) in [5, 5.41) is 0. The van der Waals surface area contributed by atoms with Crippen molar-refractivity contribution in [3.8, 4) is 0 Å². The Morgan fingerprint density at radius 3 is 2.54 bits per heavy atom. The number of hydrogen-bond donors (Lipinski definition) is 0. The molecular weight excluding hydrogens is 310 g/mol. The van der Waals surface area contributed by atoms with Crippen LogP contribution in [0.3, 0.4) is 0 Å². The van der Waals surface area contributed by atoms with E-state index >= 15 is 0 Å². The average Bonchev–Trinajstić information content (AvgIpc) is 2.89. The first-order valence-corrected chi connectivity index (χ1v) is 7.66. The molecule has 2 rings (SSSR count). The van der Waals surface area contributed by atoms with Gasteiger partial charge in [0.25, 0.3) is 0 Å². The van der Waals surface area contributed by atoms with Crippen molar-refractivity contribution in [1.29, 1.82) is 0 Å². The van der Waals surface area contributed by atoms with Crippen LogP contribution in [0.2, 0.25) is 0 Å². The number of likely N-dealkylation sites (tertiary alicyclic amines) is 1. The molecule has 0 N–H and O–H groups in total. The Labute approximate surface area is 141 Å². The van der Waals surface area contributed by atoms with Crippen molar-refractivity contribution in [2.75, 3.05) is 13.7 Å². The van der Waals surface area contributed by atoms with E-state index in [1.807, 2.05) is 30.3 Å². The molecule has 6 heteroatoms. The molecule has 0 aromatic heterocycles. The molecule has 1 aromatic carbocycles. The molecule has 0 saturated carbocycles. The summed E-state index contributed by atoms with van der Waals surface area (Å²) in [7, 11) is 1.23. The number of nitrogens with zero attached hydrogens (tertiary/aromatic N) is 1. The number of Topliss-reactive ketones (excluding diaryl/α,β-unsaturated/α-hetero) is 1. The molecule has 0 bridgehead atoms. The van der Waals surface area contributed by atoms with Gasteiger partial charge in [-0.3, -0.25) is 9.69 Å². The van der Waals surface area contributed by atoms with Crippen molar-refractivity contribution in [3.05, 3.63) is 48.0 Å². The Bertz CT molecular complexity index is 640. The van der Waals surface area contributed by atoms with Gasteiger partial charge in [-0.25, -0.2) is 9.59 Å². The van der Waals surface area contributed by atoms with Crippen LogP contribution in [0.1, 0.15) is 18.9 Å². The maximum absolute atomic E-state index is 12.3. The highest BCUT2D eigenvalue weighted by Crippen LogP contribution is 2.28. The average molecular weight is 331 g/mol. The maximum Gasteiger partial charge on any atom is 0.411 e. The van der Waals surface area contributed by atoms with Crippen LogP contribution in [0.25, 0.3) is 0 Å². The lowest BCUT2D eigenvalue weighted by Crippen LogP contribution is -2.44. The Kier molecular flexibility index (Phi) is 5.73. The number of ether oxygens (including phenoxy) is 2. The number of ketones is 1. The highest BCUT2D eigenvalue weighted by Gasteiger charge is 2.48. The molecule has 0 spiro atoms. The van der Waals surface area contributed by atoms with Gasteiger partial charge in [0.05, 0.1) is 19.6 Å². The van der Waals surface area contributed by atoms with E-state index < -0.39 is 24.0 Å². The van der Waals surface area contributed by atoms with Gasteiger partial charge in [0.15, 0.2) is 5.78 Å². The second-order valence-electron chi connectivity index (χ2n) is 5.87. The molecule has 1 amide bonds. The molecule has 0 radical (unpaired) electrons. The molecule has 1 saturated heterocycles. The van der Waals surface area contributed by atoms with Gasteiger partial charge < -0.3 is 9.47 Å². The van der Waals surface area contributed by atoms with Gasteiger partial charge in [-0.2, -0.15) is 0 Å². The first-order chi connectivity index (χ1) is 11.4. The van der Waals surface area contributed by atoms with Gasteiger partial charge in [-0.1, -0.05) is 35.9 Å². The first kappa shape index (κ1) is 17.7. The fourth-order valence-corrected chi connectivity index (χ4v) is 2.77. The zero-order chi connectivity index (χ0) is 17.7. The fourth-order valence-electron chi connectivity index (χ4n) is 2.77. The minimum Gasteiger partial charge on any atom is -0.467 e. The Morgan fingerprint density at radius 1 is 1.29 bits per heavy atom. The normalized spacial score (nSPS) is 19.9. The summed E-state index contributed by atoms with van der Waals surface area (Å²) in [5.74, 6) is -1.45. The third kappa shape index (κ3) is 4.01. The van der Waals surface area contributed by atoms with Crippen LogP contribution in [-0.4, -0.2) is 42.4 Å². The lowest BCUT2D eigenvalue weighted by molar-refractivity contribution is -0.147. The van der Waals surface area contributed by atoms with Gasteiger partial charge in [-0.05, 0) is 18.9 Å². The third-order valence-electron chi connectivity index (χ3n) is 3.91. The first-order valence-electron chi connectivity index (χ1n) is 7.66. The van der Waals surface area contributed by atoms with E-state index in [4.69, 9.17) is 9.47 Å². The number of methoxy groups -OCH3 is 1. The number of carbonyl (C=O) groups excluding carboxylic acids is 3. The van der Waals surface area contributed by atoms with E-state index in [0.29, 0.717) is 6.42 Å². The summed E-state index contributed by atoms with van der Waals surface area (Å²) in [6.45, 7) is 5.47. The van der Waals surface area contributed by atoms with Gasteiger partial charge in [0.1, 0.15) is 12.6 Å². The zero-order valence-electron chi connectivity index (χ0n) is 13.9. The Balaban J connectivity index is 2.11. The smallest absolute Gasteiger partial charge is 0.411 e. The third-order valence-corrected chi connectivity index (χ3v) is 3.91. The summed E-state index contributed by atoms with van der Waals surface area (Å²) in [5.41, 5.74) is 1.59. The molecule has 6 nitrogen and oxygen atoms in total. The number of allylic oxidation sites excluding steroid dienone is 1. The van der Waals surface area contributed by atoms with Crippen LogP contribution in [0.15, 0.2) is 42.5 Å². The predicted molar refractivity (Wildman–Crippen MR) is 87.1 cm³/mol. The molecule has 1 heterocycles. The van der Waals surface area contributed by atoms with Crippen LogP contribution in [-0.2, 0) is 25.7 Å². The molecule has 24 heavy (non-hydrogen) atoms. The van der Waals surface area contributed by atoms with Crippen molar-refractivity contribution in [1.82, 2.24) is 4.90 Å². The molecule has 1 aromatic rings. The van der Waals surface area contributed by atoms with Gasteiger partial charge in [-0.15, -0.1) is 6.58 Å². The lowest BCUT2D eigenvalue weighted by Gasteiger charge is -2.24. The molecule has 128 valence electrons. The highest BCUT2D eigenvalue weighted by molar-refractivity contribution is 5.97. The monoisotopic (exact) mass is 331 g/mol. The molecule has 0 aliphatic carbocycles. The van der Waals surface area contributed by atoms with Crippen LogP contribution in [0.4, 0.5) is 4.79 Å². The van der Waals surface area contributed by atoms with E-state index in [-0.39, 0.29) is 18.9 Å². The number of esters is 1. The van der Waals surface area contributed by atoms with Crippen molar-refractivity contribution < 1.29 is 23.9 Å². The van der Waals surface area contributed by atoms with Crippen molar-refractivity contribution >= 4 is 17.8 Å². The number of benzene rings is 1. The summed E-state index contributed by atoms with van der Waals surface area (Å²) in [6, 6.07) is 8.21. The van der Waals surface area contributed by atoms with Crippen molar-refractivity contribution in [2.45, 2.75) is 26.0 Å². The van der Waals surface area contributed by atoms with Gasteiger partial charge >= 0.3 is 12.1 Å². The highest BCUT2D eigenvalue weighted by atomic mass is 16.6. The number of amides is 1. The van der Waals surface area contributed by atoms with Gasteiger partial charge in [0, 0.05) is 0 Å². The SMILES string of the molecule is C=C(C)CC1C(=O)CN(C(=O)OCc2ccccc2)C1C(=O)OC. The summed E-state index contributed by atoms with van der Waals surface area (Å²) in [6.07, 6.45) is -0.368. The minimum atomic E-state index is -0.970. The Morgan fingerprint density at radius 2 is 1.96 bits per heavy atom. The second-order valence-corrected chi connectivity index (χ2v) is 5.87. The van der Waals surface area contributed by atoms with Crippen LogP contribution in [0, 0.1) is 5.92 Å². The van der Waals surface area contributed by atoms with Crippen molar-refractivity contribution in [2.24, 2.45) is 5.92 Å². The summed E-state index contributed by atoms with van der Waals surface area (Å²) < 4.78 is 10.0. The molecule has 1 aliphatic rings. The van der Waals surface area contributed by atoms with E-state index in [1.54, 1.807) is 6.92 Å². The number of rotatable bonds is 5. The topological polar surface area (TPSA) is 72.9 Å². The zero-order valence-corrected chi connectivity index (χ0v) is 13.9. The van der Waals surface area contributed by atoms with Crippen LogP contribution < -0.4 is 0 Å². The Hall–Kier alpha value is -2.63. The van der Waals surface area contributed by atoms with E-state index in [0.717, 1.165) is 16.0 Å². The van der Waals surface area contributed by atoms with Crippen LogP contribution in [0.5, 0.6) is 0 Å². The quantitative estimate of drug-likeness (QED) is 0.611. The molecule has 1 fully saturated rings. The van der Waals surface area contributed by atoms with Crippen LogP contribution >= 0.6 is 0 Å². The number of carbonyl (C=O) groups is 3. The maximum atomic E-state index is 12.3. The fraction of sp³-hybridized carbons (Fsp3) is 0.389. The molecule has 2 unspecified atom stereocenters.